The average Bonchev–Trinajstić information content (AvgIpc) is 2.81. The lowest BCUT2D eigenvalue weighted by Gasteiger charge is -2.20. The first-order valence-electron chi connectivity index (χ1n) is 7.10. The van der Waals surface area contributed by atoms with Gasteiger partial charge in [-0.1, -0.05) is 17.7 Å². The topological polar surface area (TPSA) is 73.3 Å². The zero-order valence-corrected chi connectivity index (χ0v) is 12.8. The van der Waals surface area contributed by atoms with Crippen molar-refractivity contribution in [2.45, 2.75) is 26.3 Å². The van der Waals surface area contributed by atoms with Gasteiger partial charge in [-0.2, -0.15) is 5.10 Å². The van der Waals surface area contributed by atoms with Crippen molar-refractivity contribution >= 4 is 0 Å². The predicted molar refractivity (Wildman–Crippen MR) is 82.7 cm³/mol. The molecule has 5 heteroatoms. The lowest BCUT2D eigenvalue weighted by Crippen LogP contribution is -2.20. The fourth-order valence-corrected chi connectivity index (χ4v) is 2.65. The maximum atomic E-state index is 9.21. The number of rotatable bonds is 6. The molecule has 1 atom stereocenters. The Bertz CT molecular complexity index is 608. The van der Waals surface area contributed by atoms with E-state index >= 15 is 0 Å². The molecule has 0 radical (unpaired) electrons. The van der Waals surface area contributed by atoms with E-state index in [1.165, 1.54) is 0 Å². The van der Waals surface area contributed by atoms with Crippen LogP contribution >= 0.6 is 0 Å². The van der Waals surface area contributed by atoms with Crippen LogP contribution in [0.4, 0.5) is 0 Å². The van der Waals surface area contributed by atoms with Gasteiger partial charge in [0.1, 0.15) is 5.75 Å². The predicted octanol–water partition coefficient (Wildman–Crippen LogP) is 1.59. The number of nitrogens with two attached hydrogens (primary N) is 1. The number of aliphatic hydroxyl groups excluding tert-OH is 1. The van der Waals surface area contributed by atoms with Gasteiger partial charge in [0.25, 0.3) is 0 Å². The van der Waals surface area contributed by atoms with Crippen molar-refractivity contribution in [1.82, 2.24) is 9.78 Å². The molecule has 3 N–H and O–H groups in total. The molecule has 2 aromatic rings. The second kappa shape index (κ2) is 6.74. The molecule has 0 fully saturated rings. The van der Waals surface area contributed by atoms with Gasteiger partial charge in [0.05, 0.1) is 26.0 Å². The van der Waals surface area contributed by atoms with E-state index in [4.69, 9.17) is 10.5 Å². The summed E-state index contributed by atoms with van der Waals surface area (Å²) in [5, 5.41) is 13.6. The molecule has 21 heavy (non-hydrogen) atoms. The van der Waals surface area contributed by atoms with Gasteiger partial charge in [0.2, 0.25) is 0 Å². The Hall–Kier alpha value is -1.85. The number of benzene rings is 1. The minimum Gasteiger partial charge on any atom is -0.496 e. The first kappa shape index (κ1) is 15.5. The van der Waals surface area contributed by atoms with Gasteiger partial charge in [-0.05, 0) is 26.0 Å². The second-order valence-corrected chi connectivity index (χ2v) is 5.19. The third-order valence-corrected chi connectivity index (χ3v) is 3.60. The van der Waals surface area contributed by atoms with E-state index < -0.39 is 0 Å². The van der Waals surface area contributed by atoms with Crippen LogP contribution in [0.15, 0.2) is 24.3 Å². The zero-order chi connectivity index (χ0) is 15.4. The lowest BCUT2D eigenvalue weighted by atomic mass is 9.93. The van der Waals surface area contributed by atoms with E-state index in [1.807, 2.05) is 36.7 Å². The summed E-state index contributed by atoms with van der Waals surface area (Å²) in [5.41, 5.74) is 10.2. The van der Waals surface area contributed by atoms with Crippen LogP contribution in [0, 0.1) is 13.8 Å². The van der Waals surface area contributed by atoms with Gasteiger partial charge in [0, 0.05) is 23.7 Å². The molecule has 114 valence electrons. The highest BCUT2D eigenvalue weighted by molar-refractivity contribution is 5.43. The largest absolute Gasteiger partial charge is 0.496 e. The molecule has 1 aromatic heterocycles. The maximum absolute atomic E-state index is 9.21. The molecule has 0 aliphatic rings. The first-order valence-corrected chi connectivity index (χ1v) is 7.10. The van der Waals surface area contributed by atoms with Gasteiger partial charge in [0.15, 0.2) is 0 Å². The normalized spacial score (nSPS) is 12.4. The average molecular weight is 289 g/mol. The summed E-state index contributed by atoms with van der Waals surface area (Å²) in [6.07, 6.45) is 0. The second-order valence-electron chi connectivity index (χ2n) is 5.19. The number of hydrogen-bond donors (Lipinski definition) is 2. The summed E-state index contributed by atoms with van der Waals surface area (Å²) in [7, 11) is 1.66. The summed E-state index contributed by atoms with van der Waals surface area (Å²) in [5.74, 6) is 0.818. The minimum atomic E-state index is -0.00685. The van der Waals surface area contributed by atoms with E-state index in [9.17, 15) is 5.11 Å². The number of nitrogens with zero attached hydrogens (tertiary/aromatic N) is 2. The molecule has 0 aliphatic heterocycles. The Balaban J connectivity index is 2.51. The molecule has 1 aromatic carbocycles. The van der Waals surface area contributed by atoms with Crippen LogP contribution in [0.3, 0.4) is 0 Å². The van der Waals surface area contributed by atoms with Crippen LogP contribution < -0.4 is 10.5 Å². The Morgan fingerprint density at radius 1 is 1.33 bits per heavy atom. The number of ether oxygens (including phenoxy) is 1. The molecule has 0 bridgehead atoms. The van der Waals surface area contributed by atoms with Crippen LogP contribution in [-0.2, 0) is 6.54 Å². The van der Waals surface area contributed by atoms with Crippen molar-refractivity contribution in [3.8, 4) is 5.75 Å². The Morgan fingerprint density at radius 2 is 2.10 bits per heavy atom. The van der Waals surface area contributed by atoms with E-state index in [0.717, 1.165) is 28.3 Å². The number of aryl methyl sites for hydroxylation is 2. The molecule has 1 unspecified atom stereocenters. The molecule has 5 nitrogen and oxygen atoms in total. The standard InChI is InChI=1S/C16H23N3O2/c1-11-4-5-16(21-3)13(8-11)14(10-17)15-9-12(2)18-19(15)6-7-20/h4-5,8-9,14,20H,6-7,10,17H2,1-3H3. The molecular weight excluding hydrogens is 266 g/mol. The van der Waals surface area contributed by atoms with Crippen molar-refractivity contribution in [3.63, 3.8) is 0 Å². The van der Waals surface area contributed by atoms with E-state index in [1.54, 1.807) is 7.11 Å². The SMILES string of the molecule is COc1ccc(C)cc1C(CN)c1cc(C)nn1CCO. The van der Waals surface area contributed by atoms with Crippen LogP contribution in [0.1, 0.15) is 28.4 Å². The minimum absolute atomic E-state index is 0.00685. The molecule has 0 spiro atoms. The third kappa shape index (κ3) is 3.25. The zero-order valence-electron chi connectivity index (χ0n) is 12.8. The van der Waals surface area contributed by atoms with Crippen molar-refractivity contribution in [2.75, 3.05) is 20.3 Å². The number of aromatic nitrogens is 2. The quantitative estimate of drug-likeness (QED) is 0.847. The van der Waals surface area contributed by atoms with Gasteiger partial charge in [-0.15, -0.1) is 0 Å². The van der Waals surface area contributed by atoms with Gasteiger partial charge < -0.3 is 15.6 Å². The van der Waals surface area contributed by atoms with Crippen LogP contribution in [0.2, 0.25) is 0 Å². The fourth-order valence-electron chi connectivity index (χ4n) is 2.65. The molecule has 0 amide bonds. The maximum Gasteiger partial charge on any atom is 0.122 e. The number of aliphatic hydroxyl groups is 1. The monoisotopic (exact) mass is 289 g/mol. The van der Waals surface area contributed by atoms with E-state index in [-0.39, 0.29) is 12.5 Å². The Kier molecular flexibility index (Phi) is 4.98. The highest BCUT2D eigenvalue weighted by Gasteiger charge is 2.21. The van der Waals surface area contributed by atoms with Gasteiger partial charge >= 0.3 is 0 Å². The summed E-state index contributed by atoms with van der Waals surface area (Å²) in [6.45, 7) is 4.96. The van der Waals surface area contributed by atoms with Gasteiger partial charge in [-0.25, -0.2) is 0 Å². The summed E-state index contributed by atoms with van der Waals surface area (Å²) < 4.78 is 7.30. The Morgan fingerprint density at radius 3 is 2.71 bits per heavy atom. The lowest BCUT2D eigenvalue weighted by molar-refractivity contribution is 0.266. The molecule has 2 rings (SSSR count). The van der Waals surface area contributed by atoms with Crippen LogP contribution in [0.5, 0.6) is 5.75 Å². The summed E-state index contributed by atoms with van der Waals surface area (Å²) in [6, 6.07) is 8.11. The number of hydrogen-bond acceptors (Lipinski definition) is 4. The fraction of sp³-hybridized carbons (Fsp3) is 0.438. The molecule has 0 aliphatic carbocycles. The molecule has 1 heterocycles. The van der Waals surface area contributed by atoms with E-state index in [2.05, 4.69) is 11.2 Å². The molecular formula is C16H23N3O2. The van der Waals surface area contributed by atoms with Crippen molar-refractivity contribution in [3.05, 3.63) is 46.8 Å². The molecule has 0 saturated carbocycles. The number of methoxy groups -OCH3 is 1. The highest BCUT2D eigenvalue weighted by atomic mass is 16.5. The van der Waals surface area contributed by atoms with Crippen LogP contribution in [0.25, 0.3) is 0 Å². The summed E-state index contributed by atoms with van der Waals surface area (Å²) in [4.78, 5) is 0. The van der Waals surface area contributed by atoms with Gasteiger partial charge in [-0.3, -0.25) is 4.68 Å². The summed E-state index contributed by atoms with van der Waals surface area (Å²) >= 11 is 0. The van der Waals surface area contributed by atoms with E-state index in [0.29, 0.717) is 13.1 Å². The smallest absolute Gasteiger partial charge is 0.122 e. The molecule has 0 saturated heterocycles. The van der Waals surface area contributed by atoms with Crippen molar-refractivity contribution < 1.29 is 9.84 Å². The van der Waals surface area contributed by atoms with Crippen LogP contribution in [-0.4, -0.2) is 35.1 Å². The van der Waals surface area contributed by atoms with Crippen molar-refractivity contribution in [1.29, 1.82) is 0 Å². The highest BCUT2D eigenvalue weighted by Crippen LogP contribution is 2.32. The third-order valence-electron chi connectivity index (χ3n) is 3.60. The first-order chi connectivity index (χ1) is 10.1. The Labute approximate surface area is 125 Å². The van der Waals surface area contributed by atoms with Crippen molar-refractivity contribution in [2.24, 2.45) is 5.73 Å².